The highest BCUT2D eigenvalue weighted by Crippen LogP contribution is 2.31. The van der Waals surface area contributed by atoms with Gasteiger partial charge in [-0.25, -0.2) is 0 Å². The van der Waals surface area contributed by atoms with Crippen LogP contribution in [0.25, 0.3) is 0 Å². The first-order valence-electron chi connectivity index (χ1n) is 6.75. The molecule has 0 rings (SSSR count). The molecule has 0 aliphatic heterocycles. The van der Waals surface area contributed by atoms with Gasteiger partial charge in [-0.15, -0.1) is 0 Å². The van der Waals surface area contributed by atoms with Gasteiger partial charge in [0.2, 0.25) is 0 Å². The molecule has 1 atom stereocenters. The quantitative estimate of drug-likeness (QED) is 0.336. The molecule has 19 heavy (non-hydrogen) atoms. The number of esters is 1. The first-order valence-corrected chi connectivity index (χ1v) is 9.14. The molecule has 1 unspecified atom stereocenters. The number of carboxylic acids is 1. The van der Waals surface area contributed by atoms with Crippen LogP contribution in [0.15, 0.2) is 0 Å². The predicted molar refractivity (Wildman–Crippen MR) is 81.5 cm³/mol. The van der Waals surface area contributed by atoms with E-state index in [1.807, 2.05) is 21.6 Å². The number of rotatable bonds is 12. The summed E-state index contributed by atoms with van der Waals surface area (Å²) in [6, 6.07) is 0. The second-order valence-corrected chi connectivity index (χ2v) is 6.99. The van der Waals surface area contributed by atoms with Crippen LogP contribution in [0, 0.1) is 0 Å². The number of carbonyl (C=O) groups excluding carboxylic acids is 1. The second kappa shape index (κ2) is 12.7. The molecule has 6 heteroatoms. The van der Waals surface area contributed by atoms with Crippen molar-refractivity contribution in [1.82, 2.24) is 0 Å². The molecule has 0 saturated carbocycles. The first-order chi connectivity index (χ1) is 9.10. The van der Waals surface area contributed by atoms with E-state index >= 15 is 0 Å². The SMILES string of the molecule is CCCC(CC)SSCCCOC(=O)CCC(=O)O. The first kappa shape index (κ1) is 18.6. The third kappa shape index (κ3) is 12.4. The van der Waals surface area contributed by atoms with Crippen LogP contribution in [0.5, 0.6) is 0 Å². The third-order valence-electron chi connectivity index (χ3n) is 2.45. The Bertz CT molecular complexity index is 259. The van der Waals surface area contributed by atoms with Crippen LogP contribution in [0.2, 0.25) is 0 Å². The van der Waals surface area contributed by atoms with Crippen LogP contribution < -0.4 is 0 Å². The summed E-state index contributed by atoms with van der Waals surface area (Å²) in [4.78, 5) is 21.4. The van der Waals surface area contributed by atoms with Gasteiger partial charge in [0.15, 0.2) is 0 Å². The van der Waals surface area contributed by atoms with Crippen molar-refractivity contribution < 1.29 is 19.4 Å². The molecule has 0 spiro atoms. The van der Waals surface area contributed by atoms with Gasteiger partial charge in [-0.3, -0.25) is 9.59 Å². The van der Waals surface area contributed by atoms with Crippen molar-refractivity contribution in [2.45, 2.75) is 57.6 Å². The van der Waals surface area contributed by atoms with Crippen molar-refractivity contribution in [3.05, 3.63) is 0 Å². The summed E-state index contributed by atoms with van der Waals surface area (Å²) >= 11 is 0. The molecule has 0 amide bonds. The molecular formula is C13H24O4S2. The summed E-state index contributed by atoms with van der Waals surface area (Å²) in [5.41, 5.74) is 0. The summed E-state index contributed by atoms with van der Waals surface area (Å²) in [7, 11) is 3.74. The van der Waals surface area contributed by atoms with Crippen LogP contribution in [0.3, 0.4) is 0 Å². The van der Waals surface area contributed by atoms with Gasteiger partial charge in [-0.05, 0) is 19.3 Å². The smallest absolute Gasteiger partial charge is 0.306 e. The van der Waals surface area contributed by atoms with Gasteiger partial charge in [0.05, 0.1) is 19.4 Å². The van der Waals surface area contributed by atoms with E-state index in [1.54, 1.807) is 0 Å². The van der Waals surface area contributed by atoms with Gasteiger partial charge in [-0.1, -0.05) is 41.9 Å². The largest absolute Gasteiger partial charge is 0.481 e. The molecule has 0 bridgehead atoms. The Labute approximate surface area is 123 Å². The fraction of sp³-hybridized carbons (Fsp3) is 0.846. The van der Waals surface area contributed by atoms with E-state index in [1.165, 1.54) is 19.3 Å². The normalized spacial score (nSPS) is 12.1. The lowest BCUT2D eigenvalue weighted by atomic mass is 10.2. The fourth-order valence-electron chi connectivity index (χ4n) is 1.37. The Morgan fingerprint density at radius 2 is 2.00 bits per heavy atom. The molecule has 0 aliphatic carbocycles. The van der Waals surface area contributed by atoms with Crippen molar-refractivity contribution in [1.29, 1.82) is 0 Å². The van der Waals surface area contributed by atoms with Gasteiger partial charge in [0, 0.05) is 11.0 Å². The van der Waals surface area contributed by atoms with E-state index in [9.17, 15) is 9.59 Å². The van der Waals surface area contributed by atoms with Crippen molar-refractivity contribution in [2.75, 3.05) is 12.4 Å². The molecule has 4 nitrogen and oxygen atoms in total. The van der Waals surface area contributed by atoms with Gasteiger partial charge in [0.1, 0.15) is 0 Å². The van der Waals surface area contributed by atoms with E-state index in [2.05, 4.69) is 13.8 Å². The lowest BCUT2D eigenvalue weighted by molar-refractivity contribution is -0.147. The lowest BCUT2D eigenvalue weighted by Gasteiger charge is -2.12. The highest BCUT2D eigenvalue weighted by atomic mass is 33.1. The molecule has 0 saturated heterocycles. The van der Waals surface area contributed by atoms with Crippen molar-refractivity contribution >= 4 is 33.5 Å². The zero-order valence-corrected chi connectivity index (χ0v) is 13.4. The van der Waals surface area contributed by atoms with E-state index in [4.69, 9.17) is 9.84 Å². The zero-order chi connectivity index (χ0) is 14.5. The summed E-state index contributed by atoms with van der Waals surface area (Å²) in [6.07, 6.45) is 4.28. The lowest BCUT2D eigenvalue weighted by Crippen LogP contribution is -2.08. The Balaban J connectivity index is 3.39. The van der Waals surface area contributed by atoms with Crippen LogP contribution in [-0.4, -0.2) is 34.7 Å². The summed E-state index contributed by atoms with van der Waals surface area (Å²) in [5, 5.41) is 9.12. The zero-order valence-electron chi connectivity index (χ0n) is 11.7. The number of carboxylic acid groups (broad SMARTS) is 1. The average Bonchev–Trinajstić information content (AvgIpc) is 2.38. The highest BCUT2D eigenvalue weighted by molar-refractivity contribution is 8.76. The summed E-state index contributed by atoms with van der Waals surface area (Å²) in [5.74, 6) is -0.431. The molecule has 0 aromatic heterocycles. The molecule has 0 heterocycles. The molecule has 0 aliphatic rings. The van der Waals surface area contributed by atoms with Crippen LogP contribution >= 0.6 is 21.6 Å². The number of carbonyl (C=O) groups is 2. The van der Waals surface area contributed by atoms with Gasteiger partial charge < -0.3 is 9.84 Å². The fourth-order valence-corrected chi connectivity index (χ4v) is 4.28. The van der Waals surface area contributed by atoms with E-state index in [0.717, 1.165) is 12.2 Å². The number of hydrogen-bond donors (Lipinski definition) is 1. The second-order valence-electron chi connectivity index (χ2n) is 4.20. The Morgan fingerprint density at radius 1 is 1.26 bits per heavy atom. The number of hydrogen-bond acceptors (Lipinski definition) is 5. The minimum atomic E-state index is -0.967. The van der Waals surface area contributed by atoms with Crippen molar-refractivity contribution in [3.8, 4) is 0 Å². The Hall–Kier alpha value is -0.360. The maximum Gasteiger partial charge on any atom is 0.306 e. The summed E-state index contributed by atoms with van der Waals surface area (Å²) in [6.45, 7) is 4.79. The highest BCUT2D eigenvalue weighted by Gasteiger charge is 2.07. The standard InChI is InChI=1S/C13H24O4S2/c1-3-6-11(4-2)19-18-10-5-9-17-13(16)8-7-12(14)15/h11H,3-10H2,1-2H3,(H,14,15). The van der Waals surface area contributed by atoms with Gasteiger partial charge in [0.25, 0.3) is 0 Å². The number of aliphatic carboxylic acids is 1. The molecule has 1 N–H and O–H groups in total. The van der Waals surface area contributed by atoms with E-state index in [-0.39, 0.29) is 12.8 Å². The third-order valence-corrected chi connectivity index (χ3v) is 5.61. The molecule has 112 valence electrons. The molecule has 0 aromatic carbocycles. The van der Waals surface area contributed by atoms with E-state index in [0.29, 0.717) is 11.9 Å². The topological polar surface area (TPSA) is 63.6 Å². The van der Waals surface area contributed by atoms with Crippen molar-refractivity contribution in [2.24, 2.45) is 0 Å². The Kier molecular flexibility index (Phi) is 12.4. The molecule has 0 fully saturated rings. The minimum absolute atomic E-state index is 0.0361. The minimum Gasteiger partial charge on any atom is -0.481 e. The van der Waals surface area contributed by atoms with Crippen molar-refractivity contribution in [3.63, 3.8) is 0 Å². The Morgan fingerprint density at radius 3 is 2.58 bits per heavy atom. The van der Waals surface area contributed by atoms with Crippen LogP contribution in [0.1, 0.15) is 52.4 Å². The van der Waals surface area contributed by atoms with Gasteiger partial charge in [-0.2, -0.15) is 0 Å². The van der Waals surface area contributed by atoms with Crippen LogP contribution in [0.4, 0.5) is 0 Å². The van der Waals surface area contributed by atoms with E-state index < -0.39 is 11.9 Å². The summed E-state index contributed by atoms with van der Waals surface area (Å²) < 4.78 is 4.95. The maximum atomic E-state index is 11.1. The molecule has 0 radical (unpaired) electrons. The van der Waals surface area contributed by atoms with Gasteiger partial charge >= 0.3 is 11.9 Å². The van der Waals surface area contributed by atoms with Crippen LogP contribution in [-0.2, 0) is 14.3 Å². The average molecular weight is 308 g/mol. The predicted octanol–water partition coefficient (Wildman–Crippen LogP) is 3.74. The number of ether oxygens (including phenoxy) is 1. The monoisotopic (exact) mass is 308 g/mol. The molecular weight excluding hydrogens is 284 g/mol. The molecule has 0 aromatic rings. The maximum absolute atomic E-state index is 11.1.